The Balaban J connectivity index is 2.01. The van der Waals surface area contributed by atoms with Gasteiger partial charge in [-0.3, -0.25) is 4.68 Å². The molecule has 0 atom stereocenters. The zero-order chi connectivity index (χ0) is 13.0. The molecule has 2 rings (SSSR count). The van der Waals surface area contributed by atoms with E-state index in [1.54, 1.807) is 29.1 Å². The molecule has 0 amide bonds. The van der Waals surface area contributed by atoms with Crippen LogP contribution in [-0.2, 0) is 13.1 Å². The summed E-state index contributed by atoms with van der Waals surface area (Å²) in [5.41, 5.74) is 2.70. The van der Waals surface area contributed by atoms with E-state index in [1.165, 1.54) is 0 Å². The summed E-state index contributed by atoms with van der Waals surface area (Å²) in [6, 6.07) is 7.06. The van der Waals surface area contributed by atoms with E-state index in [1.807, 2.05) is 13.0 Å². The van der Waals surface area contributed by atoms with Gasteiger partial charge in [0.15, 0.2) is 0 Å². The molecular formula is C13H16FN3O. The molecule has 2 N–H and O–H groups in total. The van der Waals surface area contributed by atoms with Crippen molar-refractivity contribution in [1.29, 1.82) is 0 Å². The van der Waals surface area contributed by atoms with E-state index in [-0.39, 0.29) is 12.3 Å². The highest BCUT2D eigenvalue weighted by molar-refractivity contribution is 5.46. The van der Waals surface area contributed by atoms with E-state index < -0.39 is 6.67 Å². The number of phenolic OH excluding ortho intramolecular Hbond substituents is 1. The zero-order valence-electron chi connectivity index (χ0n) is 10.2. The third-order valence-corrected chi connectivity index (χ3v) is 2.65. The highest BCUT2D eigenvalue weighted by Crippen LogP contribution is 2.16. The summed E-state index contributed by atoms with van der Waals surface area (Å²) < 4.78 is 13.8. The highest BCUT2D eigenvalue weighted by atomic mass is 19.1. The standard InChI is InChI=1S/C13H16FN3O/c1-10-13(9-17(16-10)6-5-14)15-8-11-3-2-4-12(18)7-11/h2-4,7,9,15,18H,5-6,8H2,1H3. The van der Waals surface area contributed by atoms with Crippen molar-refractivity contribution >= 4 is 5.69 Å². The number of aromatic nitrogens is 2. The van der Waals surface area contributed by atoms with Crippen LogP contribution in [0.4, 0.5) is 10.1 Å². The molecule has 0 spiro atoms. The number of hydrogen-bond acceptors (Lipinski definition) is 3. The van der Waals surface area contributed by atoms with Crippen LogP contribution >= 0.6 is 0 Å². The van der Waals surface area contributed by atoms with Crippen LogP contribution in [-0.4, -0.2) is 21.6 Å². The van der Waals surface area contributed by atoms with Gasteiger partial charge in [0, 0.05) is 12.7 Å². The quantitative estimate of drug-likeness (QED) is 0.856. The number of phenols is 1. The fourth-order valence-corrected chi connectivity index (χ4v) is 1.76. The van der Waals surface area contributed by atoms with Gasteiger partial charge in [-0.05, 0) is 24.6 Å². The molecule has 0 fully saturated rings. The maximum absolute atomic E-state index is 12.2. The van der Waals surface area contributed by atoms with Crippen LogP contribution < -0.4 is 5.32 Å². The van der Waals surface area contributed by atoms with Crippen molar-refractivity contribution < 1.29 is 9.50 Å². The van der Waals surface area contributed by atoms with Crippen molar-refractivity contribution in [3.63, 3.8) is 0 Å². The minimum Gasteiger partial charge on any atom is -0.508 e. The Kier molecular flexibility index (Phi) is 3.82. The Morgan fingerprint density at radius 1 is 1.44 bits per heavy atom. The first-order valence-electron chi connectivity index (χ1n) is 5.81. The predicted octanol–water partition coefficient (Wildman–Crippen LogP) is 2.48. The van der Waals surface area contributed by atoms with Crippen LogP contribution in [0.3, 0.4) is 0 Å². The predicted molar refractivity (Wildman–Crippen MR) is 68.4 cm³/mol. The SMILES string of the molecule is Cc1nn(CCF)cc1NCc1cccc(O)c1. The van der Waals surface area contributed by atoms with E-state index in [4.69, 9.17) is 0 Å². The lowest BCUT2D eigenvalue weighted by Gasteiger charge is -2.05. The molecule has 1 heterocycles. The van der Waals surface area contributed by atoms with Gasteiger partial charge in [-0.1, -0.05) is 12.1 Å². The summed E-state index contributed by atoms with van der Waals surface area (Å²) in [6.45, 7) is 2.32. The van der Waals surface area contributed by atoms with Crippen molar-refractivity contribution in [2.75, 3.05) is 12.0 Å². The minimum atomic E-state index is -0.423. The van der Waals surface area contributed by atoms with Crippen LogP contribution in [0, 0.1) is 6.92 Å². The molecule has 96 valence electrons. The number of nitrogens with one attached hydrogen (secondary N) is 1. The molecule has 0 aliphatic rings. The van der Waals surface area contributed by atoms with Crippen LogP contribution in [0.5, 0.6) is 5.75 Å². The number of rotatable bonds is 5. The van der Waals surface area contributed by atoms with Crippen LogP contribution in [0.1, 0.15) is 11.3 Å². The Morgan fingerprint density at radius 3 is 3.00 bits per heavy atom. The second-order valence-corrected chi connectivity index (χ2v) is 4.10. The summed E-state index contributed by atoms with van der Waals surface area (Å²) in [5.74, 6) is 0.249. The molecule has 0 bridgehead atoms. The minimum absolute atomic E-state index is 0.249. The molecule has 5 heteroatoms. The van der Waals surface area contributed by atoms with E-state index in [0.717, 1.165) is 16.9 Å². The first kappa shape index (κ1) is 12.4. The summed E-state index contributed by atoms with van der Waals surface area (Å²) in [6.07, 6.45) is 1.79. The lowest BCUT2D eigenvalue weighted by atomic mass is 10.2. The van der Waals surface area contributed by atoms with Crippen LogP contribution in [0.15, 0.2) is 30.5 Å². The van der Waals surface area contributed by atoms with Crippen molar-refractivity contribution in [3.05, 3.63) is 41.7 Å². The number of aryl methyl sites for hydroxylation is 2. The van der Waals surface area contributed by atoms with Crippen molar-refractivity contribution in [2.45, 2.75) is 20.0 Å². The Bertz CT molecular complexity index is 525. The molecule has 1 aromatic carbocycles. The van der Waals surface area contributed by atoms with Gasteiger partial charge in [-0.15, -0.1) is 0 Å². The molecule has 0 aliphatic carbocycles. The van der Waals surface area contributed by atoms with Gasteiger partial charge in [0.05, 0.1) is 17.9 Å². The van der Waals surface area contributed by atoms with Gasteiger partial charge in [-0.2, -0.15) is 5.10 Å². The molecule has 0 unspecified atom stereocenters. The first-order chi connectivity index (χ1) is 8.69. The summed E-state index contributed by atoms with van der Waals surface area (Å²) >= 11 is 0. The Morgan fingerprint density at radius 2 is 2.28 bits per heavy atom. The van der Waals surface area contributed by atoms with Gasteiger partial charge >= 0.3 is 0 Å². The van der Waals surface area contributed by atoms with Gasteiger partial charge in [0.2, 0.25) is 0 Å². The second kappa shape index (κ2) is 5.53. The number of halogens is 1. The first-order valence-corrected chi connectivity index (χ1v) is 5.81. The van der Waals surface area contributed by atoms with Crippen molar-refractivity contribution in [1.82, 2.24) is 9.78 Å². The molecule has 18 heavy (non-hydrogen) atoms. The number of aromatic hydroxyl groups is 1. The molecule has 4 nitrogen and oxygen atoms in total. The number of hydrogen-bond donors (Lipinski definition) is 2. The maximum Gasteiger partial charge on any atom is 0.115 e. The van der Waals surface area contributed by atoms with Crippen molar-refractivity contribution in [3.8, 4) is 5.75 Å². The Labute approximate surface area is 105 Å². The van der Waals surface area contributed by atoms with E-state index >= 15 is 0 Å². The maximum atomic E-state index is 12.2. The molecule has 0 saturated heterocycles. The van der Waals surface area contributed by atoms with Gasteiger partial charge in [-0.25, -0.2) is 4.39 Å². The molecule has 0 aliphatic heterocycles. The molecular weight excluding hydrogens is 233 g/mol. The fourth-order valence-electron chi connectivity index (χ4n) is 1.76. The van der Waals surface area contributed by atoms with Gasteiger partial charge in [0.25, 0.3) is 0 Å². The lowest BCUT2D eigenvalue weighted by molar-refractivity contribution is 0.426. The highest BCUT2D eigenvalue weighted by Gasteiger charge is 2.04. The normalized spacial score (nSPS) is 10.6. The average molecular weight is 249 g/mol. The third-order valence-electron chi connectivity index (χ3n) is 2.65. The summed E-state index contributed by atoms with van der Waals surface area (Å²) in [4.78, 5) is 0. The fraction of sp³-hybridized carbons (Fsp3) is 0.308. The molecule has 0 radical (unpaired) electrons. The lowest BCUT2D eigenvalue weighted by Crippen LogP contribution is -2.00. The zero-order valence-corrected chi connectivity index (χ0v) is 10.2. The molecule has 0 saturated carbocycles. The smallest absolute Gasteiger partial charge is 0.115 e. The summed E-state index contributed by atoms with van der Waals surface area (Å²) in [5, 5.41) is 16.8. The number of nitrogens with zero attached hydrogens (tertiary/aromatic N) is 2. The number of benzene rings is 1. The number of alkyl halides is 1. The van der Waals surface area contributed by atoms with Gasteiger partial charge < -0.3 is 10.4 Å². The van der Waals surface area contributed by atoms with E-state index in [9.17, 15) is 9.50 Å². The second-order valence-electron chi connectivity index (χ2n) is 4.10. The number of anilines is 1. The van der Waals surface area contributed by atoms with Gasteiger partial charge in [0.1, 0.15) is 12.4 Å². The Hall–Kier alpha value is -2.04. The average Bonchev–Trinajstić information content (AvgIpc) is 2.68. The van der Waals surface area contributed by atoms with E-state index in [0.29, 0.717) is 6.54 Å². The van der Waals surface area contributed by atoms with Crippen LogP contribution in [0.2, 0.25) is 0 Å². The van der Waals surface area contributed by atoms with Crippen molar-refractivity contribution in [2.24, 2.45) is 0 Å². The third kappa shape index (κ3) is 3.00. The van der Waals surface area contributed by atoms with E-state index in [2.05, 4.69) is 10.4 Å². The summed E-state index contributed by atoms with van der Waals surface area (Å²) in [7, 11) is 0. The van der Waals surface area contributed by atoms with Crippen LogP contribution in [0.25, 0.3) is 0 Å². The topological polar surface area (TPSA) is 50.1 Å². The largest absolute Gasteiger partial charge is 0.508 e. The molecule has 2 aromatic rings. The molecule has 1 aromatic heterocycles. The monoisotopic (exact) mass is 249 g/mol.